The molecule has 6 nitrogen and oxygen atoms in total. The molecule has 0 saturated heterocycles. The third-order valence-electron chi connectivity index (χ3n) is 3.90. The minimum atomic E-state index is -0.184. The summed E-state index contributed by atoms with van der Waals surface area (Å²) >= 11 is 1.38. The van der Waals surface area contributed by atoms with E-state index in [2.05, 4.69) is 20.3 Å². The SMILES string of the molecule is CSc1nc(C)c(CCC(=O)Nc2cccc3cccnc23)c(=O)[nH]1. The number of pyridine rings is 1. The molecule has 0 bridgehead atoms. The number of rotatable bonds is 5. The summed E-state index contributed by atoms with van der Waals surface area (Å²) < 4.78 is 0. The molecule has 0 aliphatic rings. The summed E-state index contributed by atoms with van der Waals surface area (Å²) in [5, 5.41) is 4.42. The van der Waals surface area contributed by atoms with Gasteiger partial charge in [-0.3, -0.25) is 14.6 Å². The molecule has 128 valence electrons. The molecule has 25 heavy (non-hydrogen) atoms. The fraction of sp³-hybridized carbons (Fsp3) is 0.222. The topological polar surface area (TPSA) is 87.7 Å². The van der Waals surface area contributed by atoms with E-state index in [1.807, 2.05) is 36.6 Å². The Morgan fingerprint density at radius 2 is 2.08 bits per heavy atom. The number of nitrogens with one attached hydrogen (secondary N) is 2. The quantitative estimate of drug-likeness (QED) is 0.543. The van der Waals surface area contributed by atoms with Gasteiger partial charge in [0.25, 0.3) is 5.56 Å². The number of benzene rings is 1. The van der Waals surface area contributed by atoms with E-state index in [1.54, 1.807) is 13.1 Å². The highest BCUT2D eigenvalue weighted by Gasteiger charge is 2.12. The fourth-order valence-corrected chi connectivity index (χ4v) is 3.06. The molecule has 0 aliphatic heterocycles. The molecule has 0 unspecified atom stereocenters. The minimum absolute atomic E-state index is 0.161. The average molecular weight is 354 g/mol. The predicted molar refractivity (Wildman–Crippen MR) is 100 cm³/mol. The number of aromatic nitrogens is 3. The molecule has 0 spiro atoms. The van der Waals surface area contributed by atoms with Crippen molar-refractivity contribution >= 4 is 34.3 Å². The van der Waals surface area contributed by atoms with Crippen LogP contribution in [0.1, 0.15) is 17.7 Å². The number of hydrogen-bond donors (Lipinski definition) is 2. The van der Waals surface area contributed by atoms with Gasteiger partial charge in [-0.05, 0) is 31.7 Å². The fourth-order valence-electron chi connectivity index (χ4n) is 2.63. The van der Waals surface area contributed by atoms with E-state index in [0.717, 1.165) is 10.9 Å². The minimum Gasteiger partial charge on any atom is -0.324 e. The number of fused-ring (bicyclic) bond motifs is 1. The number of thioether (sulfide) groups is 1. The van der Waals surface area contributed by atoms with Gasteiger partial charge in [-0.15, -0.1) is 0 Å². The maximum atomic E-state index is 12.3. The molecular formula is C18H18N4O2S. The van der Waals surface area contributed by atoms with Crippen molar-refractivity contribution in [1.29, 1.82) is 0 Å². The van der Waals surface area contributed by atoms with Crippen molar-refractivity contribution < 1.29 is 4.79 Å². The van der Waals surface area contributed by atoms with E-state index in [4.69, 9.17) is 0 Å². The molecule has 0 radical (unpaired) electrons. The Morgan fingerprint density at radius 3 is 2.84 bits per heavy atom. The van der Waals surface area contributed by atoms with Crippen molar-refractivity contribution in [3.8, 4) is 0 Å². The Hall–Kier alpha value is -2.67. The first-order chi connectivity index (χ1) is 12.1. The van der Waals surface area contributed by atoms with E-state index in [9.17, 15) is 9.59 Å². The van der Waals surface area contributed by atoms with Crippen LogP contribution in [-0.4, -0.2) is 27.1 Å². The smallest absolute Gasteiger partial charge is 0.254 e. The first-order valence-electron chi connectivity index (χ1n) is 7.86. The predicted octanol–water partition coefficient (Wildman–Crippen LogP) is 2.92. The van der Waals surface area contributed by atoms with Gasteiger partial charge in [0.2, 0.25) is 5.91 Å². The second kappa shape index (κ2) is 7.48. The monoisotopic (exact) mass is 354 g/mol. The van der Waals surface area contributed by atoms with Gasteiger partial charge in [-0.2, -0.15) is 0 Å². The lowest BCUT2D eigenvalue weighted by Crippen LogP contribution is -2.20. The summed E-state index contributed by atoms with van der Waals surface area (Å²) in [4.78, 5) is 35.8. The third kappa shape index (κ3) is 3.88. The molecule has 7 heteroatoms. The Kier molecular flexibility index (Phi) is 5.14. The van der Waals surface area contributed by atoms with Gasteiger partial charge in [-0.25, -0.2) is 4.98 Å². The summed E-state index contributed by atoms with van der Waals surface area (Å²) in [6.45, 7) is 1.79. The molecule has 3 rings (SSSR count). The second-order valence-corrected chi connectivity index (χ2v) is 6.36. The van der Waals surface area contributed by atoms with Crippen LogP contribution in [0.25, 0.3) is 10.9 Å². The van der Waals surface area contributed by atoms with Crippen molar-refractivity contribution in [1.82, 2.24) is 15.0 Å². The van der Waals surface area contributed by atoms with Gasteiger partial charge < -0.3 is 10.3 Å². The zero-order valence-corrected chi connectivity index (χ0v) is 14.8. The number of amides is 1. The third-order valence-corrected chi connectivity index (χ3v) is 4.48. The van der Waals surface area contributed by atoms with Gasteiger partial charge >= 0.3 is 0 Å². The zero-order valence-electron chi connectivity index (χ0n) is 14.0. The number of nitrogens with zero attached hydrogens (tertiary/aromatic N) is 2. The van der Waals surface area contributed by atoms with E-state index in [1.165, 1.54) is 11.8 Å². The number of carbonyl (C=O) groups is 1. The van der Waals surface area contributed by atoms with Gasteiger partial charge in [0.15, 0.2) is 5.16 Å². The number of H-pyrrole nitrogens is 1. The number of anilines is 1. The standard InChI is InChI=1S/C18H18N4O2S/c1-11-13(17(24)22-18(20-11)25-2)8-9-15(23)21-14-7-3-5-12-6-4-10-19-16(12)14/h3-7,10H,8-9H2,1-2H3,(H,21,23)(H,20,22,24). The summed E-state index contributed by atoms with van der Waals surface area (Å²) in [7, 11) is 0. The van der Waals surface area contributed by atoms with E-state index >= 15 is 0 Å². The molecule has 0 atom stereocenters. The molecule has 1 aromatic carbocycles. The van der Waals surface area contributed by atoms with Gasteiger partial charge in [0.05, 0.1) is 11.2 Å². The van der Waals surface area contributed by atoms with Crippen LogP contribution in [0.3, 0.4) is 0 Å². The number of para-hydroxylation sites is 1. The number of aromatic amines is 1. The normalized spacial score (nSPS) is 10.8. The van der Waals surface area contributed by atoms with Crippen LogP contribution in [-0.2, 0) is 11.2 Å². The molecule has 1 amide bonds. The van der Waals surface area contributed by atoms with Crippen LogP contribution in [0.5, 0.6) is 0 Å². The molecule has 0 saturated carbocycles. The molecule has 2 heterocycles. The van der Waals surface area contributed by atoms with Crippen molar-refractivity contribution in [3.63, 3.8) is 0 Å². The highest BCUT2D eigenvalue weighted by atomic mass is 32.2. The molecule has 2 N–H and O–H groups in total. The van der Waals surface area contributed by atoms with Gasteiger partial charge in [-0.1, -0.05) is 30.0 Å². The van der Waals surface area contributed by atoms with Crippen LogP contribution in [0.4, 0.5) is 5.69 Å². The van der Waals surface area contributed by atoms with Crippen molar-refractivity contribution in [2.24, 2.45) is 0 Å². The van der Waals surface area contributed by atoms with Crippen LogP contribution in [0, 0.1) is 6.92 Å². The first kappa shape index (κ1) is 17.2. The Balaban J connectivity index is 1.72. The first-order valence-corrected chi connectivity index (χ1v) is 9.08. The molecule has 2 aromatic heterocycles. The lowest BCUT2D eigenvalue weighted by atomic mass is 10.1. The zero-order chi connectivity index (χ0) is 17.8. The maximum absolute atomic E-state index is 12.3. The summed E-state index contributed by atoms with van der Waals surface area (Å²) in [5.41, 5.74) is 2.44. The molecule has 0 aliphatic carbocycles. The highest BCUT2D eigenvalue weighted by Crippen LogP contribution is 2.21. The van der Waals surface area contributed by atoms with Crippen molar-refractivity contribution in [2.45, 2.75) is 24.9 Å². The molecule has 0 fully saturated rings. The lowest BCUT2D eigenvalue weighted by Gasteiger charge is -2.09. The van der Waals surface area contributed by atoms with Crippen LogP contribution < -0.4 is 10.9 Å². The van der Waals surface area contributed by atoms with Crippen molar-refractivity contribution in [3.05, 3.63) is 58.1 Å². The molecular weight excluding hydrogens is 336 g/mol. The van der Waals surface area contributed by atoms with E-state index < -0.39 is 0 Å². The molecule has 3 aromatic rings. The number of aryl methyl sites for hydroxylation is 1. The van der Waals surface area contributed by atoms with Gasteiger partial charge in [0.1, 0.15) is 0 Å². The largest absolute Gasteiger partial charge is 0.324 e. The van der Waals surface area contributed by atoms with E-state index in [-0.39, 0.29) is 17.9 Å². The Morgan fingerprint density at radius 1 is 1.28 bits per heavy atom. The summed E-state index contributed by atoms with van der Waals surface area (Å²) in [6, 6.07) is 9.44. The van der Waals surface area contributed by atoms with Crippen molar-refractivity contribution in [2.75, 3.05) is 11.6 Å². The lowest BCUT2D eigenvalue weighted by molar-refractivity contribution is -0.116. The summed E-state index contributed by atoms with van der Waals surface area (Å²) in [5.74, 6) is -0.161. The number of hydrogen-bond acceptors (Lipinski definition) is 5. The van der Waals surface area contributed by atoms with Crippen LogP contribution >= 0.6 is 11.8 Å². The summed E-state index contributed by atoms with van der Waals surface area (Å²) in [6.07, 6.45) is 4.09. The maximum Gasteiger partial charge on any atom is 0.254 e. The average Bonchev–Trinajstić information content (AvgIpc) is 2.61. The van der Waals surface area contributed by atoms with Crippen LogP contribution in [0.2, 0.25) is 0 Å². The Labute approximate surface area is 149 Å². The van der Waals surface area contributed by atoms with Gasteiger partial charge in [0, 0.05) is 29.3 Å². The number of carbonyl (C=O) groups excluding carboxylic acids is 1. The Bertz CT molecular complexity index is 979. The highest BCUT2D eigenvalue weighted by molar-refractivity contribution is 7.98. The van der Waals surface area contributed by atoms with Crippen LogP contribution in [0.15, 0.2) is 46.5 Å². The van der Waals surface area contributed by atoms with E-state index in [0.29, 0.717) is 28.5 Å². The second-order valence-electron chi connectivity index (χ2n) is 5.57.